The Balaban J connectivity index is 2.05. The van der Waals surface area contributed by atoms with Crippen LogP contribution in [-0.4, -0.2) is 25.4 Å². The molecule has 0 aromatic heterocycles. The molecular formula is C19H29NO3. The Bertz CT molecular complexity index is 442. The van der Waals surface area contributed by atoms with E-state index in [0.29, 0.717) is 18.6 Å². The maximum absolute atomic E-state index is 11.5. The normalized spacial score (nSPS) is 10.3. The predicted octanol–water partition coefficient (Wildman–Crippen LogP) is 4.59. The zero-order valence-corrected chi connectivity index (χ0v) is 14.2. The summed E-state index contributed by atoms with van der Waals surface area (Å²) in [7, 11) is 0. The van der Waals surface area contributed by atoms with E-state index in [1.165, 1.54) is 32.1 Å². The maximum atomic E-state index is 11.5. The van der Waals surface area contributed by atoms with Gasteiger partial charge >= 0.3 is 5.97 Å². The van der Waals surface area contributed by atoms with Crippen LogP contribution in [0.2, 0.25) is 0 Å². The van der Waals surface area contributed by atoms with Gasteiger partial charge in [0.15, 0.2) is 0 Å². The molecule has 0 fully saturated rings. The largest absolute Gasteiger partial charge is 0.462 e. The molecule has 0 heterocycles. The van der Waals surface area contributed by atoms with Crippen molar-refractivity contribution < 1.29 is 14.3 Å². The van der Waals surface area contributed by atoms with Gasteiger partial charge in [-0.1, -0.05) is 32.1 Å². The Morgan fingerprint density at radius 3 is 2.22 bits per heavy atom. The summed E-state index contributed by atoms with van der Waals surface area (Å²) in [5.41, 5.74) is 1.62. The van der Waals surface area contributed by atoms with Crippen molar-refractivity contribution in [3.05, 3.63) is 29.8 Å². The van der Waals surface area contributed by atoms with E-state index in [1.54, 1.807) is 19.1 Å². The van der Waals surface area contributed by atoms with E-state index < -0.39 is 0 Å². The third kappa shape index (κ3) is 9.01. The lowest BCUT2D eigenvalue weighted by Gasteiger charge is -2.07. The molecule has 4 heteroatoms. The Hall–Kier alpha value is -1.84. The Morgan fingerprint density at radius 2 is 1.61 bits per heavy atom. The molecular weight excluding hydrogens is 290 g/mol. The highest BCUT2D eigenvalue weighted by atomic mass is 16.5. The summed E-state index contributed by atoms with van der Waals surface area (Å²) in [6, 6.07) is 7.41. The van der Waals surface area contributed by atoms with E-state index in [-0.39, 0.29) is 5.97 Å². The fraction of sp³-hybridized carbons (Fsp3) is 0.579. The summed E-state index contributed by atoms with van der Waals surface area (Å²) in [5, 5.41) is 3.37. The van der Waals surface area contributed by atoms with E-state index in [2.05, 4.69) is 5.32 Å². The smallest absolute Gasteiger partial charge is 0.338 e. The molecule has 1 aromatic carbocycles. The Kier molecular flexibility index (Phi) is 10.6. The fourth-order valence-corrected chi connectivity index (χ4v) is 2.41. The number of rotatable bonds is 13. The van der Waals surface area contributed by atoms with Crippen molar-refractivity contribution in [2.75, 3.05) is 18.5 Å². The molecule has 0 aliphatic carbocycles. The second-order valence-corrected chi connectivity index (χ2v) is 5.65. The summed E-state index contributed by atoms with van der Waals surface area (Å²) in [6.07, 6.45) is 10.0. The highest BCUT2D eigenvalue weighted by Crippen LogP contribution is 2.12. The molecule has 0 spiro atoms. The summed E-state index contributed by atoms with van der Waals surface area (Å²) in [4.78, 5) is 21.7. The SMILES string of the molecule is CCOC(=O)c1ccc(NCCCCCCCCCC=O)cc1. The van der Waals surface area contributed by atoms with Gasteiger partial charge in [0.25, 0.3) is 0 Å². The van der Waals surface area contributed by atoms with Crippen molar-refractivity contribution in [2.45, 2.75) is 58.3 Å². The van der Waals surface area contributed by atoms with E-state index >= 15 is 0 Å². The van der Waals surface area contributed by atoms with Crippen molar-refractivity contribution in [3.8, 4) is 0 Å². The first-order valence-electron chi connectivity index (χ1n) is 8.72. The average molecular weight is 319 g/mol. The van der Waals surface area contributed by atoms with Crippen LogP contribution in [0.25, 0.3) is 0 Å². The first-order chi connectivity index (χ1) is 11.3. The van der Waals surface area contributed by atoms with E-state index in [9.17, 15) is 9.59 Å². The highest BCUT2D eigenvalue weighted by molar-refractivity contribution is 5.89. The monoisotopic (exact) mass is 319 g/mol. The van der Waals surface area contributed by atoms with Crippen LogP contribution in [0.1, 0.15) is 68.6 Å². The quantitative estimate of drug-likeness (QED) is 0.328. The minimum Gasteiger partial charge on any atom is -0.462 e. The third-order valence-electron chi connectivity index (χ3n) is 3.72. The minimum absolute atomic E-state index is 0.271. The van der Waals surface area contributed by atoms with Crippen LogP contribution in [0.5, 0.6) is 0 Å². The molecule has 0 saturated heterocycles. The lowest BCUT2D eigenvalue weighted by atomic mass is 10.1. The molecule has 0 unspecified atom stereocenters. The number of esters is 1. The number of nitrogens with one attached hydrogen (secondary N) is 1. The molecule has 23 heavy (non-hydrogen) atoms. The molecule has 1 rings (SSSR count). The van der Waals surface area contributed by atoms with Gasteiger partial charge in [0, 0.05) is 18.7 Å². The van der Waals surface area contributed by atoms with Gasteiger partial charge in [-0.25, -0.2) is 4.79 Å². The maximum Gasteiger partial charge on any atom is 0.338 e. The number of ether oxygens (including phenoxy) is 1. The van der Waals surface area contributed by atoms with E-state index in [1.807, 2.05) is 12.1 Å². The predicted molar refractivity (Wildman–Crippen MR) is 93.9 cm³/mol. The number of hydrogen-bond acceptors (Lipinski definition) is 4. The first kappa shape index (κ1) is 19.2. The van der Waals surface area contributed by atoms with Crippen LogP contribution >= 0.6 is 0 Å². The number of benzene rings is 1. The molecule has 1 aromatic rings. The Morgan fingerprint density at radius 1 is 1.00 bits per heavy atom. The van der Waals surface area contributed by atoms with Crippen LogP contribution < -0.4 is 5.32 Å². The summed E-state index contributed by atoms with van der Waals surface area (Å²) in [6.45, 7) is 3.15. The van der Waals surface area contributed by atoms with Gasteiger partial charge in [-0.3, -0.25) is 0 Å². The van der Waals surface area contributed by atoms with Crippen LogP contribution in [0.3, 0.4) is 0 Å². The van der Waals surface area contributed by atoms with E-state index in [4.69, 9.17) is 4.74 Å². The molecule has 0 bridgehead atoms. The van der Waals surface area contributed by atoms with E-state index in [0.717, 1.165) is 31.4 Å². The van der Waals surface area contributed by atoms with Crippen LogP contribution in [-0.2, 0) is 9.53 Å². The van der Waals surface area contributed by atoms with Crippen molar-refractivity contribution in [2.24, 2.45) is 0 Å². The van der Waals surface area contributed by atoms with Gasteiger partial charge in [-0.15, -0.1) is 0 Å². The third-order valence-corrected chi connectivity index (χ3v) is 3.72. The average Bonchev–Trinajstić information content (AvgIpc) is 2.57. The Labute approximate surface area is 139 Å². The molecule has 0 radical (unpaired) electrons. The minimum atomic E-state index is -0.271. The first-order valence-corrected chi connectivity index (χ1v) is 8.72. The molecule has 0 saturated carbocycles. The number of aldehydes is 1. The lowest BCUT2D eigenvalue weighted by molar-refractivity contribution is -0.107. The number of unbranched alkanes of at least 4 members (excludes halogenated alkanes) is 7. The molecule has 1 N–H and O–H groups in total. The standard InChI is InChI=1S/C19H29NO3/c1-2-23-19(22)17-11-13-18(14-12-17)20-15-9-7-5-3-4-6-8-10-16-21/h11-14,16,20H,2-10,15H2,1H3. The van der Waals surface area contributed by atoms with Crippen LogP contribution in [0.4, 0.5) is 5.69 Å². The molecule has 0 aliphatic heterocycles. The molecule has 0 atom stereocenters. The molecule has 128 valence electrons. The van der Waals surface area contributed by atoms with Gasteiger partial charge in [-0.05, 0) is 44.0 Å². The highest BCUT2D eigenvalue weighted by Gasteiger charge is 2.05. The number of anilines is 1. The van der Waals surface area contributed by atoms with Gasteiger partial charge < -0.3 is 14.8 Å². The number of hydrogen-bond donors (Lipinski definition) is 1. The van der Waals surface area contributed by atoms with Gasteiger partial charge in [-0.2, -0.15) is 0 Å². The van der Waals surface area contributed by atoms with Gasteiger partial charge in [0.2, 0.25) is 0 Å². The topological polar surface area (TPSA) is 55.4 Å². The zero-order valence-electron chi connectivity index (χ0n) is 14.2. The van der Waals surface area contributed by atoms with Crippen molar-refractivity contribution in [3.63, 3.8) is 0 Å². The summed E-state index contributed by atoms with van der Waals surface area (Å²) in [5.74, 6) is -0.271. The van der Waals surface area contributed by atoms with Crippen molar-refractivity contribution >= 4 is 17.9 Å². The molecule has 4 nitrogen and oxygen atoms in total. The van der Waals surface area contributed by atoms with Crippen LogP contribution in [0.15, 0.2) is 24.3 Å². The second kappa shape index (κ2) is 12.7. The van der Waals surface area contributed by atoms with Crippen molar-refractivity contribution in [1.29, 1.82) is 0 Å². The van der Waals surface area contributed by atoms with Crippen LogP contribution in [0, 0.1) is 0 Å². The van der Waals surface area contributed by atoms with Gasteiger partial charge in [0.1, 0.15) is 6.29 Å². The molecule has 0 aliphatic rings. The number of carbonyl (C=O) groups is 2. The zero-order chi connectivity index (χ0) is 16.8. The van der Waals surface area contributed by atoms with Gasteiger partial charge in [0.05, 0.1) is 12.2 Å². The fourth-order valence-electron chi connectivity index (χ4n) is 2.41. The molecule has 0 amide bonds. The summed E-state index contributed by atoms with van der Waals surface area (Å²) >= 11 is 0. The lowest BCUT2D eigenvalue weighted by Crippen LogP contribution is -2.05. The second-order valence-electron chi connectivity index (χ2n) is 5.65. The van der Waals surface area contributed by atoms with Crippen molar-refractivity contribution in [1.82, 2.24) is 0 Å². The number of carbonyl (C=O) groups excluding carboxylic acids is 2. The summed E-state index contributed by atoms with van der Waals surface area (Å²) < 4.78 is 4.96.